The summed E-state index contributed by atoms with van der Waals surface area (Å²) in [4.78, 5) is 0. The molecule has 2 aliphatic rings. The van der Waals surface area contributed by atoms with Gasteiger partial charge in [-0.1, -0.05) is 19.3 Å². The Labute approximate surface area is 126 Å². The van der Waals surface area contributed by atoms with Crippen molar-refractivity contribution in [3.8, 4) is 0 Å². The summed E-state index contributed by atoms with van der Waals surface area (Å²) in [6, 6.07) is 3.46. The van der Waals surface area contributed by atoms with Gasteiger partial charge in [-0.15, -0.1) is 0 Å². The first-order chi connectivity index (χ1) is 9.76. The van der Waals surface area contributed by atoms with Crippen LogP contribution < -0.4 is 5.32 Å². The van der Waals surface area contributed by atoms with Crippen LogP contribution >= 0.6 is 11.3 Å². The monoisotopic (exact) mass is 293 g/mol. The van der Waals surface area contributed by atoms with Crippen LogP contribution in [-0.4, -0.2) is 24.3 Å². The molecule has 2 unspecified atom stereocenters. The van der Waals surface area contributed by atoms with Crippen LogP contribution in [0.3, 0.4) is 0 Å². The van der Waals surface area contributed by atoms with Gasteiger partial charge in [0.05, 0.1) is 5.60 Å². The van der Waals surface area contributed by atoms with Gasteiger partial charge < -0.3 is 10.1 Å². The zero-order valence-corrected chi connectivity index (χ0v) is 13.4. The first-order valence-corrected chi connectivity index (χ1v) is 9.11. The molecule has 1 spiro atoms. The lowest BCUT2D eigenvalue weighted by molar-refractivity contribution is -0.109. The summed E-state index contributed by atoms with van der Waals surface area (Å²) in [5.41, 5.74) is 1.69. The molecular formula is C17H27NOS. The van der Waals surface area contributed by atoms with Crippen molar-refractivity contribution < 1.29 is 4.74 Å². The molecule has 1 aromatic rings. The van der Waals surface area contributed by atoms with E-state index in [4.69, 9.17) is 4.74 Å². The number of hydrogen-bond acceptors (Lipinski definition) is 3. The van der Waals surface area contributed by atoms with E-state index in [1.807, 2.05) is 0 Å². The van der Waals surface area contributed by atoms with Crippen molar-refractivity contribution in [2.24, 2.45) is 0 Å². The van der Waals surface area contributed by atoms with Crippen LogP contribution in [0, 0.1) is 0 Å². The molecule has 20 heavy (non-hydrogen) atoms. The molecule has 0 aromatic carbocycles. The molecule has 2 atom stereocenters. The Morgan fingerprint density at radius 2 is 2.25 bits per heavy atom. The van der Waals surface area contributed by atoms with Crippen LogP contribution in [0.4, 0.5) is 0 Å². The van der Waals surface area contributed by atoms with Gasteiger partial charge in [0.1, 0.15) is 0 Å². The lowest BCUT2D eigenvalue weighted by Crippen LogP contribution is -2.50. The second-order valence-corrected chi connectivity index (χ2v) is 7.47. The highest BCUT2D eigenvalue weighted by Crippen LogP contribution is 2.38. The fourth-order valence-electron chi connectivity index (χ4n) is 3.94. The van der Waals surface area contributed by atoms with E-state index < -0.39 is 0 Å². The van der Waals surface area contributed by atoms with E-state index in [2.05, 4.69) is 29.1 Å². The Hall–Kier alpha value is -0.380. The third-order valence-electron chi connectivity index (χ3n) is 4.90. The Morgan fingerprint density at radius 3 is 3.00 bits per heavy atom. The van der Waals surface area contributed by atoms with Crippen molar-refractivity contribution in [1.29, 1.82) is 0 Å². The Kier molecular flexibility index (Phi) is 4.79. The van der Waals surface area contributed by atoms with Gasteiger partial charge in [0.25, 0.3) is 0 Å². The Morgan fingerprint density at radius 1 is 1.40 bits per heavy atom. The summed E-state index contributed by atoms with van der Waals surface area (Å²) in [5, 5.41) is 8.30. The van der Waals surface area contributed by atoms with Gasteiger partial charge in [-0.3, -0.25) is 0 Å². The van der Waals surface area contributed by atoms with Gasteiger partial charge >= 0.3 is 0 Å². The molecule has 0 amide bonds. The third-order valence-corrected chi connectivity index (χ3v) is 5.63. The number of hydrogen-bond donors (Lipinski definition) is 1. The van der Waals surface area contributed by atoms with Crippen molar-refractivity contribution in [2.75, 3.05) is 6.61 Å². The van der Waals surface area contributed by atoms with Crippen molar-refractivity contribution in [3.05, 3.63) is 22.4 Å². The van der Waals surface area contributed by atoms with Crippen LogP contribution in [-0.2, 0) is 11.2 Å². The van der Waals surface area contributed by atoms with E-state index in [-0.39, 0.29) is 5.60 Å². The van der Waals surface area contributed by atoms with Crippen molar-refractivity contribution in [2.45, 2.75) is 76.0 Å². The van der Waals surface area contributed by atoms with Crippen LogP contribution in [0.15, 0.2) is 16.8 Å². The Bertz CT molecular complexity index is 392. The van der Waals surface area contributed by atoms with E-state index in [1.54, 1.807) is 11.3 Å². The van der Waals surface area contributed by atoms with Gasteiger partial charge in [-0.25, -0.2) is 0 Å². The van der Waals surface area contributed by atoms with E-state index in [0.717, 1.165) is 13.0 Å². The largest absolute Gasteiger partial charge is 0.375 e. The normalized spacial score (nSPS) is 27.6. The molecule has 1 aliphatic carbocycles. The van der Waals surface area contributed by atoms with Crippen LogP contribution in [0.25, 0.3) is 0 Å². The topological polar surface area (TPSA) is 21.3 Å². The lowest BCUT2D eigenvalue weighted by atomic mass is 9.78. The maximum atomic E-state index is 6.19. The second-order valence-electron chi connectivity index (χ2n) is 6.69. The predicted octanol–water partition coefficient (Wildman–Crippen LogP) is 4.15. The molecule has 2 fully saturated rings. The number of nitrogens with one attached hydrogen (secondary N) is 1. The molecule has 3 rings (SSSR count). The van der Waals surface area contributed by atoms with Crippen molar-refractivity contribution >= 4 is 11.3 Å². The number of ether oxygens (including phenoxy) is 1. The van der Waals surface area contributed by atoms with E-state index in [1.165, 1.54) is 50.5 Å². The average molecular weight is 293 g/mol. The minimum absolute atomic E-state index is 0.219. The predicted molar refractivity (Wildman–Crippen MR) is 85.4 cm³/mol. The van der Waals surface area contributed by atoms with E-state index >= 15 is 0 Å². The summed E-state index contributed by atoms with van der Waals surface area (Å²) in [7, 11) is 0. The van der Waals surface area contributed by atoms with Gasteiger partial charge in [0.2, 0.25) is 0 Å². The Balaban J connectivity index is 1.51. The van der Waals surface area contributed by atoms with Gasteiger partial charge in [-0.05, 0) is 61.4 Å². The molecular weight excluding hydrogens is 266 g/mol. The molecule has 1 saturated carbocycles. The maximum Gasteiger partial charge on any atom is 0.0697 e. The SMILES string of the molecule is CC(Cc1ccsc1)NC1CCOC2(CCCCC2)C1. The molecule has 0 radical (unpaired) electrons. The first-order valence-electron chi connectivity index (χ1n) is 8.17. The fraction of sp³-hybridized carbons (Fsp3) is 0.765. The van der Waals surface area contributed by atoms with Crippen LogP contribution in [0.5, 0.6) is 0 Å². The summed E-state index contributed by atoms with van der Waals surface area (Å²) in [5.74, 6) is 0. The smallest absolute Gasteiger partial charge is 0.0697 e. The number of rotatable bonds is 4. The zero-order chi connectivity index (χ0) is 13.8. The highest BCUT2D eigenvalue weighted by molar-refractivity contribution is 7.07. The molecule has 1 saturated heterocycles. The molecule has 1 aliphatic heterocycles. The third kappa shape index (κ3) is 3.63. The molecule has 2 nitrogen and oxygen atoms in total. The fourth-order valence-corrected chi connectivity index (χ4v) is 4.62. The van der Waals surface area contributed by atoms with Crippen LogP contribution in [0.2, 0.25) is 0 Å². The highest BCUT2D eigenvalue weighted by atomic mass is 32.1. The summed E-state index contributed by atoms with van der Waals surface area (Å²) < 4.78 is 6.19. The maximum absolute atomic E-state index is 6.19. The second kappa shape index (κ2) is 6.59. The van der Waals surface area contributed by atoms with Crippen molar-refractivity contribution in [1.82, 2.24) is 5.32 Å². The molecule has 3 heteroatoms. The summed E-state index contributed by atoms with van der Waals surface area (Å²) in [6.07, 6.45) is 10.2. The van der Waals surface area contributed by atoms with Gasteiger partial charge in [0, 0.05) is 18.7 Å². The van der Waals surface area contributed by atoms with Gasteiger partial charge in [-0.2, -0.15) is 11.3 Å². The van der Waals surface area contributed by atoms with E-state index in [0.29, 0.717) is 12.1 Å². The molecule has 1 N–H and O–H groups in total. The summed E-state index contributed by atoms with van der Waals surface area (Å²) in [6.45, 7) is 3.27. The highest BCUT2D eigenvalue weighted by Gasteiger charge is 2.38. The van der Waals surface area contributed by atoms with Gasteiger partial charge in [0.15, 0.2) is 0 Å². The molecule has 0 bridgehead atoms. The van der Waals surface area contributed by atoms with E-state index in [9.17, 15) is 0 Å². The molecule has 2 heterocycles. The minimum Gasteiger partial charge on any atom is -0.375 e. The minimum atomic E-state index is 0.219. The number of thiophene rings is 1. The first kappa shape index (κ1) is 14.6. The zero-order valence-electron chi connectivity index (χ0n) is 12.6. The lowest BCUT2D eigenvalue weighted by Gasteiger charge is -2.44. The van der Waals surface area contributed by atoms with Crippen molar-refractivity contribution in [3.63, 3.8) is 0 Å². The molecule has 112 valence electrons. The standard InChI is InChI=1S/C17H27NOS/c1-14(11-15-6-10-20-13-15)18-16-5-9-19-17(12-16)7-3-2-4-8-17/h6,10,13-14,16,18H,2-5,7-9,11-12H2,1H3. The van der Waals surface area contributed by atoms with Crippen LogP contribution in [0.1, 0.15) is 57.4 Å². The average Bonchev–Trinajstić information content (AvgIpc) is 2.92. The summed E-state index contributed by atoms with van der Waals surface area (Å²) >= 11 is 1.80. The molecule has 1 aromatic heterocycles. The quantitative estimate of drug-likeness (QED) is 0.900.